The lowest BCUT2D eigenvalue weighted by Gasteiger charge is -2.24. The molecule has 0 aromatic heterocycles. The number of carbonyl (C=O) groups is 2. The first-order valence-corrected chi connectivity index (χ1v) is 42.5. The molecule has 2 unspecified atom stereocenters. The Kier molecular flexibility index (Phi) is 73.7. The number of esters is 2. The number of hydrogen-bond acceptors (Lipinski definition) is 7. The summed E-state index contributed by atoms with van der Waals surface area (Å²) in [5.41, 5.74) is 0. The largest absolute Gasteiger partial charge is 0.472 e. The Morgan fingerprint density at radius 3 is 0.896 bits per heavy atom. The summed E-state index contributed by atoms with van der Waals surface area (Å²) < 4.78 is 34.8. The minimum absolute atomic E-state index is 0.0303. The number of unbranched alkanes of at least 4 members (excludes halogenated alkanes) is 46. The molecule has 0 heterocycles. The molecular weight excluding hydrogens is 1210 g/mol. The number of hydrogen-bond donors (Lipinski definition) is 1. The van der Waals surface area contributed by atoms with Gasteiger partial charge in [0, 0.05) is 12.8 Å². The maximum atomic E-state index is 12.9. The maximum absolute atomic E-state index is 12.9. The highest BCUT2D eigenvalue weighted by Gasteiger charge is 2.27. The monoisotopic (exact) mass is 1360 g/mol. The zero-order chi connectivity index (χ0) is 69.7. The molecule has 2 atom stereocenters. The molecule has 9 nitrogen and oxygen atoms in total. The second-order valence-electron chi connectivity index (χ2n) is 28.8. The summed E-state index contributed by atoms with van der Waals surface area (Å²) in [5.74, 6) is -0.784. The number of quaternary nitrogens is 1. The highest BCUT2D eigenvalue weighted by molar-refractivity contribution is 7.47. The van der Waals surface area contributed by atoms with Crippen molar-refractivity contribution in [2.45, 2.75) is 392 Å². The standard InChI is InChI=1S/C86H156NO8P/c1-6-8-10-12-14-16-18-20-22-24-26-28-30-32-34-36-38-40-42-43-45-46-48-50-52-54-56-58-60-62-64-66-68-70-72-74-76-78-85(88)92-82-84(83-94-96(90,91)93-81-80-87(3,4)5)95-86(89)79-77-75-73-71-69-67-65-63-61-59-57-55-53-51-49-47-44-41-39-37-35-33-31-29-27-25-23-21-19-17-15-13-11-9-7-2/h9,11,15,17,21,23-24,26-27,29,33,35,39,41,47,49,84H,6-8,10,12-14,16,18-20,22,25,28,30-32,34,36-38,40,42-46,48,50-83H2,1-5H3/p+1/b11-9-,17-15-,23-21-,26-24-,29-27-,35-33-,41-39-,49-47-. The molecule has 0 aliphatic carbocycles. The second-order valence-corrected chi connectivity index (χ2v) is 30.2. The fourth-order valence-electron chi connectivity index (χ4n) is 11.9. The summed E-state index contributed by atoms with van der Waals surface area (Å²) in [6.07, 6.45) is 107. The smallest absolute Gasteiger partial charge is 0.462 e. The molecule has 0 aliphatic rings. The van der Waals surface area contributed by atoms with E-state index >= 15 is 0 Å². The lowest BCUT2D eigenvalue weighted by molar-refractivity contribution is -0.870. The number of allylic oxidation sites excluding steroid dienone is 16. The molecule has 558 valence electrons. The van der Waals surface area contributed by atoms with Gasteiger partial charge in [-0.1, -0.05) is 374 Å². The van der Waals surface area contributed by atoms with Gasteiger partial charge in [-0.15, -0.1) is 0 Å². The second kappa shape index (κ2) is 76.1. The Hall–Kier alpha value is -3.07. The van der Waals surface area contributed by atoms with Crippen LogP contribution in [0, 0.1) is 0 Å². The van der Waals surface area contributed by atoms with Gasteiger partial charge in [-0.2, -0.15) is 0 Å². The van der Waals surface area contributed by atoms with Crippen molar-refractivity contribution in [1.82, 2.24) is 0 Å². The van der Waals surface area contributed by atoms with Gasteiger partial charge in [-0.3, -0.25) is 18.6 Å². The summed E-state index contributed by atoms with van der Waals surface area (Å²) in [6, 6.07) is 0. The molecular formula is C86H157NO8P+. The zero-order valence-electron chi connectivity index (χ0n) is 63.9. The molecule has 0 saturated carbocycles. The van der Waals surface area contributed by atoms with Gasteiger partial charge in [-0.25, -0.2) is 4.57 Å². The normalized spacial score (nSPS) is 13.5. The molecule has 0 fully saturated rings. The predicted octanol–water partition coefficient (Wildman–Crippen LogP) is 27.4. The van der Waals surface area contributed by atoms with Crippen LogP contribution in [0.5, 0.6) is 0 Å². The number of likely N-dealkylation sites (N-methyl/N-ethyl adjacent to an activating group) is 1. The van der Waals surface area contributed by atoms with Crippen LogP contribution in [-0.4, -0.2) is 74.9 Å². The van der Waals surface area contributed by atoms with Crippen LogP contribution >= 0.6 is 7.82 Å². The van der Waals surface area contributed by atoms with Gasteiger partial charge in [0.05, 0.1) is 27.7 Å². The first-order chi connectivity index (χ1) is 47.0. The van der Waals surface area contributed by atoms with Crippen molar-refractivity contribution in [3.63, 3.8) is 0 Å². The van der Waals surface area contributed by atoms with Gasteiger partial charge >= 0.3 is 19.8 Å². The van der Waals surface area contributed by atoms with Crippen LogP contribution in [0.2, 0.25) is 0 Å². The van der Waals surface area contributed by atoms with Gasteiger partial charge in [0.15, 0.2) is 6.10 Å². The predicted molar refractivity (Wildman–Crippen MR) is 418 cm³/mol. The Morgan fingerprint density at radius 2 is 0.594 bits per heavy atom. The van der Waals surface area contributed by atoms with E-state index in [0.717, 1.165) is 83.5 Å². The Bertz CT molecular complexity index is 1940. The van der Waals surface area contributed by atoms with E-state index in [-0.39, 0.29) is 25.6 Å². The summed E-state index contributed by atoms with van der Waals surface area (Å²) in [5, 5.41) is 0. The molecule has 0 saturated heterocycles. The maximum Gasteiger partial charge on any atom is 0.472 e. The van der Waals surface area contributed by atoms with Gasteiger partial charge in [-0.05, 0) is 96.3 Å². The number of phosphoric acid groups is 1. The van der Waals surface area contributed by atoms with Crippen molar-refractivity contribution in [3.05, 3.63) is 97.2 Å². The number of rotatable bonds is 76. The summed E-state index contributed by atoms with van der Waals surface area (Å²) in [4.78, 5) is 36.0. The van der Waals surface area contributed by atoms with Crippen LogP contribution in [-0.2, 0) is 32.7 Å². The van der Waals surface area contributed by atoms with E-state index in [2.05, 4.69) is 111 Å². The molecule has 0 rings (SSSR count). The molecule has 0 spiro atoms. The van der Waals surface area contributed by atoms with E-state index in [1.807, 2.05) is 21.1 Å². The van der Waals surface area contributed by atoms with Crippen molar-refractivity contribution in [2.75, 3.05) is 47.5 Å². The molecule has 96 heavy (non-hydrogen) atoms. The van der Waals surface area contributed by atoms with Crippen LogP contribution in [0.25, 0.3) is 0 Å². The number of nitrogens with zero attached hydrogens (tertiary/aromatic N) is 1. The van der Waals surface area contributed by atoms with Gasteiger partial charge in [0.1, 0.15) is 19.8 Å². The molecule has 10 heteroatoms. The van der Waals surface area contributed by atoms with Crippen molar-refractivity contribution in [3.8, 4) is 0 Å². The highest BCUT2D eigenvalue weighted by Crippen LogP contribution is 2.43. The lowest BCUT2D eigenvalue weighted by atomic mass is 10.0. The van der Waals surface area contributed by atoms with Crippen LogP contribution in [0.3, 0.4) is 0 Å². The number of carbonyl (C=O) groups excluding carboxylic acids is 2. The lowest BCUT2D eigenvalue weighted by Crippen LogP contribution is -2.37. The highest BCUT2D eigenvalue weighted by atomic mass is 31.2. The Morgan fingerprint density at radius 1 is 0.333 bits per heavy atom. The minimum Gasteiger partial charge on any atom is -0.462 e. The van der Waals surface area contributed by atoms with Crippen LogP contribution < -0.4 is 0 Å². The van der Waals surface area contributed by atoms with Crippen LogP contribution in [0.15, 0.2) is 97.2 Å². The molecule has 0 bridgehead atoms. The van der Waals surface area contributed by atoms with Crippen molar-refractivity contribution in [2.24, 2.45) is 0 Å². The third kappa shape index (κ3) is 79.9. The van der Waals surface area contributed by atoms with Crippen molar-refractivity contribution < 1.29 is 42.1 Å². The Labute approximate surface area is 595 Å². The zero-order valence-corrected chi connectivity index (χ0v) is 64.7. The summed E-state index contributed by atoms with van der Waals surface area (Å²) in [6.45, 7) is 4.37. The molecule has 0 aliphatic heterocycles. The Balaban J connectivity index is 3.94. The van der Waals surface area contributed by atoms with E-state index in [1.54, 1.807) is 0 Å². The third-order valence-electron chi connectivity index (χ3n) is 18.1. The average Bonchev–Trinajstić information content (AvgIpc) is 2.74. The minimum atomic E-state index is -4.40. The first kappa shape index (κ1) is 92.9. The molecule has 0 radical (unpaired) electrons. The molecule has 0 aromatic carbocycles. The fourth-order valence-corrected chi connectivity index (χ4v) is 12.6. The van der Waals surface area contributed by atoms with E-state index < -0.39 is 26.5 Å². The van der Waals surface area contributed by atoms with E-state index in [1.165, 1.54) is 270 Å². The van der Waals surface area contributed by atoms with Crippen LogP contribution in [0.1, 0.15) is 386 Å². The molecule has 1 N–H and O–H groups in total. The summed E-state index contributed by atoms with van der Waals surface area (Å²) in [7, 11) is 1.49. The topological polar surface area (TPSA) is 108 Å². The third-order valence-corrected chi connectivity index (χ3v) is 19.1. The molecule has 0 amide bonds. The van der Waals surface area contributed by atoms with Gasteiger partial charge in [0.25, 0.3) is 0 Å². The summed E-state index contributed by atoms with van der Waals surface area (Å²) >= 11 is 0. The first-order valence-electron chi connectivity index (χ1n) is 41.0. The van der Waals surface area contributed by atoms with Crippen LogP contribution in [0.4, 0.5) is 0 Å². The quantitative estimate of drug-likeness (QED) is 0.0211. The average molecular weight is 1360 g/mol. The fraction of sp³-hybridized carbons (Fsp3) is 0.791. The van der Waals surface area contributed by atoms with Crippen molar-refractivity contribution in [1.29, 1.82) is 0 Å². The van der Waals surface area contributed by atoms with E-state index in [4.69, 9.17) is 18.5 Å². The van der Waals surface area contributed by atoms with E-state index in [0.29, 0.717) is 23.9 Å². The molecule has 0 aromatic rings. The SMILES string of the molecule is CC/C=C\C/C=C\C/C=C\C/C=C\C/C=C\C/C=C\C/C=C\CCCCCCCCCCCCCCCC(=O)OC(COC(=O)CCCCCCCCCCCCCCCCCCCCCCCCCCC/C=C\CCCCCCCCCC)COP(=O)(O)OCC[N+](C)(C)C. The van der Waals surface area contributed by atoms with E-state index in [9.17, 15) is 19.0 Å². The van der Waals surface area contributed by atoms with Gasteiger partial charge in [0.2, 0.25) is 0 Å². The number of ether oxygens (including phenoxy) is 2. The number of phosphoric ester groups is 1. The van der Waals surface area contributed by atoms with Gasteiger partial charge < -0.3 is 18.9 Å². The van der Waals surface area contributed by atoms with Crippen molar-refractivity contribution >= 4 is 19.8 Å².